The van der Waals surface area contributed by atoms with E-state index < -0.39 is 4.87 Å². The second kappa shape index (κ2) is 6.10. The zero-order chi connectivity index (χ0) is 11.3. The van der Waals surface area contributed by atoms with Gasteiger partial charge in [-0.2, -0.15) is 0 Å². The van der Waals surface area contributed by atoms with Gasteiger partial charge < -0.3 is 0 Å². The van der Waals surface area contributed by atoms with E-state index in [4.69, 9.17) is 23.2 Å². The molecule has 88 valence electrons. The fraction of sp³-hybridized carbons (Fsp3) is 0.917. The molecule has 3 heteroatoms. The van der Waals surface area contributed by atoms with Gasteiger partial charge >= 0.3 is 0 Å². The highest BCUT2D eigenvalue weighted by atomic mass is 35.5. The molecule has 1 aliphatic carbocycles. The molecule has 0 heterocycles. The van der Waals surface area contributed by atoms with Crippen molar-refractivity contribution in [2.24, 2.45) is 0 Å². The second-order valence-corrected chi connectivity index (χ2v) is 5.66. The van der Waals surface area contributed by atoms with Gasteiger partial charge in [-0.25, -0.2) is 0 Å². The number of hydrogen-bond acceptors (Lipinski definition) is 1. The molecular formula is C12H20Cl2O. The van der Waals surface area contributed by atoms with Gasteiger partial charge in [0, 0.05) is 6.42 Å². The fourth-order valence-electron chi connectivity index (χ4n) is 2.15. The lowest BCUT2D eigenvalue weighted by atomic mass is 9.83. The average molecular weight is 251 g/mol. The molecule has 1 rings (SSSR count). The van der Waals surface area contributed by atoms with E-state index >= 15 is 0 Å². The molecular weight excluding hydrogens is 231 g/mol. The number of ketones is 1. The van der Waals surface area contributed by atoms with Crippen molar-refractivity contribution in [1.29, 1.82) is 0 Å². The minimum atomic E-state index is -0.756. The fourth-order valence-corrected chi connectivity index (χ4v) is 2.87. The molecule has 0 amide bonds. The van der Waals surface area contributed by atoms with Crippen LogP contribution in [0.2, 0.25) is 0 Å². The SMILES string of the molecule is CCCCCC(=O)C1(Cl)CCCCC1Cl. The predicted molar refractivity (Wildman–Crippen MR) is 65.8 cm³/mol. The Morgan fingerprint density at radius 1 is 1.40 bits per heavy atom. The molecule has 2 atom stereocenters. The van der Waals surface area contributed by atoms with Gasteiger partial charge in [0.15, 0.2) is 5.78 Å². The van der Waals surface area contributed by atoms with E-state index in [0.29, 0.717) is 6.42 Å². The smallest absolute Gasteiger partial charge is 0.155 e. The summed E-state index contributed by atoms with van der Waals surface area (Å²) in [6.07, 6.45) is 7.56. The first-order valence-electron chi connectivity index (χ1n) is 5.97. The Labute approximate surface area is 103 Å². The topological polar surface area (TPSA) is 17.1 Å². The maximum Gasteiger partial charge on any atom is 0.155 e. The number of unbranched alkanes of at least 4 members (excludes halogenated alkanes) is 2. The number of carbonyl (C=O) groups excluding carboxylic acids is 1. The first-order valence-corrected chi connectivity index (χ1v) is 6.79. The van der Waals surface area contributed by atoms with E-state index in [1.807, 2.05) is 0 Å². The Morgan fingerprint density at radius 3 is 2.73 bits per heavy atom. The van der Waals surface area contributed by atoms with Crippen LogP contribution in [0, 0.1) is 0 Å². The Bertz CT molecular complexity index is 218. The van der Waals surface area contributed by atoms with Crippen LogP contribution < -0.4 is 0 Å². The highest BCUT2D eigenvalue weighted by Crippen LogP contribution is 2.39. The van der Waals surface area contributed by atoms with Gasteiger partial charge in [-0.1, -0.05) is 32.6 Å². The monoisotopic (exact) mass is 250 g/mol. The van der Waals surface area contributed by atoms with Crippen molar-refractivity contribution in [2.45, 2.75) is 68.5 Å². The van der Waals surface area contributed by atoms with E-state index in [-0.39, 0.29) is 11.2 Å². The van der Waals surface area contributed by atoms with E-state index in [9.17, 15) is 4.79 Å². The summed E-state index contributed by atoms with van der Waals surface area (Å²) in [5.41, 5.74) is 0. The Hall–Kier alpha value is 0.250. The largest absolute Gasteiger partial charge is 0.298 e. The highest BCUT2D eigenvalue weighted by Gasteiger charge is 2.43. The van der Waals surface area contributed by atoms with Crippen LogP contribution in [0.1, 0.15) is 58.3 Å². The van der Waals surface area contributed by atoms with E-state index in [2.05, 4.69) is 6.92 Å². The Morgan fingerprint density at radius 2 is 2.13 bits per heavy atom. The van der Waals surface area contributed by atoms with Gasteiger partial charge in [-0.15, -0.1) is 23.2 Å². The standard InChI is InChI=1S/C12H20Cl2O/c1-2-3-4-8-11(15)12(14)9-6-5-7-10(12)13/h10H,2-9H2,1H3. The summed E-state index contributed by atoms with van der Waals surface area (Å²) in [7, 11) is 0. The molecule has 0 aromatic heterocycles. The predicted octanol–water partition coefficient (Wildman–Crippen LogP) is 4.29. The third kappa shape index (κ3) is 3.35. The summed E-state index contributed by atoms with van der Waals surface area (Å²) < 4.78 is 0. The zero-order valence-electron chi connectivity index (χ0n) is 9.40. The summed E-state index contributed by atoms with van der Waals surface area (Å²) in [6.45, 7) is 2.13. The third-order valence-electron chi connectivity index (χ3n) is 3.22. The van der Waals surface area contributed by atoms with Gasteiger partial charge in [0.2, 0.25) is 0 Å². The van der Waals surface area contributed by atoms with E-state index in [0.717, 1.165) is 44.9 Å². The van der Waals surface area contributed by atoms with E-state index in [1.165, 1.54) is 0 Å². The highest BCUT2D eigenvalue weighted by molar-refractivity contribution is 6.41. The van der Waals surface area contributed by atoms with Gasteiger partial charge in [-0.05, 0) is 19.3 Å². The molecule has 1 nitrogen and oxygen atoms in total. The lowest BCUT2D eigenvalue weighted by Crippen LogP contribution is -2.43. The third-order valence-corrected chi connectivity index (χ3v) is 4.58. The molecule has 0 aliphatic heterocycles. The van der Waals surface area contributed by atoms with Crippen molar-refractivity contribution >= 4 is 29.0 Å². The lowest BCUT2D eigenvalue weighted by molar-refractivity contribution is -0.122. The molecule has 0 saturated heterocycles. The van der Waals surface area contributed by atoms with Crippen LogP contribution in [0.3, 0.4) is 0 Å². The van der Waals surface area contributed by atoms with Crippen molar-refractivity contribution in [3.8, 4) is 0 Å². The maximum absolute atomic E-state index is 12.0. The number of Topliss-reactive ketones (excluding diaryl/α,β-unsaturated/α-hetero) is 1. The molecule has 1 fully saturated rings. The first kappa shape index (κ1) is 13.3. The van der Waals surface area contributed by atoms with Crippen LogP contribution >= 0.6 is 23.2 Å². The molecule has 0 N–H and O–H groups in total. The van der Waals surface area contributed by atoms with Crippen LogP contribution in [0.15, 0.2) is 0 Å². The van der Waals surface area contributed by atoms with Crippen LogP contribution in [0.4, 0.5) is 0 Å². The van der Waals surface area contributed by atoms with Crippen molar-refractivity contribution < 1.29 is 4.79 Å². The van der Waals surface area contributed by atoms with Crippen LogP contribution in [0.25, 0.3) is 0 Å². The summed E-state index contributed by atoms with van der Waals surface area (Å²) in [5, 5.41) is -0.165. The summed E-state index contributed by atoms with van der Waals surface area (Å²) >= 11 is 12.6. The number of halogens is 2. The second-order valence-electron chi connectivity index (χ2n) is 4.46. The van der Waals surface area contributed by atoms with Crippen LogP contribution in [0.5, 0.6) is 0 Å². The Kier molecular flexibility index (Phi) is 5.42. The quantitative estimate of drug-likeness (QED) is 0.526. The van der Waals surface area contributed by atoms with Gasteiger partial charge in [0.25, 0.3) is 0 Å². The number of rotatable bonds is 5. The molecule has 1 saturated carbocycles. The molecule has 0 bridgehead atoms. The maximum atomic E-state index is 12.0. The number of carbonyl (C=O) groups is 1. The average Bonchev–Trinajstić information content (AvgIpc) is 2.23. The van der Waals surface area contributed by atoms with Crippen molar-refractivity contribution in [3.05, 3.63) is 0 Å². The molecule has 0 aromatic rings. The zero-order valence-corrected chi connectivity index (χ0v) is 10.9. The molecule has 2 unspecified atom stereocenters. The number of alkyl halides is 2. The summed E-state index contributed by atoms with van der Waals surface area (Å²) in [6, 6.07) is 0. The lowest BCUT2D eigenvalue weighted by Gasteiger charge is -2.34. The molecule has 1 aliphatic rings. The van der Waals surface area contributed by atoms with Crippen molar-refractivity contribution in [2.75, 3.05) is 0 Å². The van der Waals surface area contributed by atoms with Crippen molar-refractivity contribution in [3.63, 3.8) is 0 Å². The van der Waals surface area contributed by atoms with Crippen LogP contribution in [-0.4, -0.2) is 16.0 Å². The molecule has 0 spiro atoms. The first-order chi connectivity index (χ1) is 7.11. The van der Waals surface area contributed by atoms with Gasteiger partial charge in [0.1, 0.15) is 4.87 Å². The van der Waals surface area contributed by atoms with Gasteiger partial charge in [0.05, 0.1) is 5.38 Å². The molecule has 15 heavy (non-hydrogen) atoms. The Balaban J connectivity index is 2.47. The number of hydrogen-bond donors (Lipinski definition) is 0. The minimum absolute atomic E-state index is 0.164. The molecule has 0 aromatic carbocycles. The van der Waals surface area contributed by atoms with E-state index in [1.54, 1.807) is 0 Å². The normalized spacial score (nSPS) is 31.5. The minimum Gasteiger partial charge on any atom is -0.298 e. The molecule has 0 radical (unpaired) electrons. The van der Waals surface area contributed by atoms with Gasteiger partial charge in [-0.3, -0.25) is 4.79 Å². The summed E-state index contributed by atoms with van der Waals surface area (Å²) in [4.78, 5) is 11.2. The summed E-state index contributed by atoms with van der Waals surface area (Å²) in [5.74, 6) is 0.164. The van der Waals surface area contributed by atoms with Crippen molar-refractivity contribution in [1.82, 2.24) is 0 Å². The van der Waals surface area contributed by atoms with Crippen LogP contribution in [-0.2, 0) is 4.79 Å².